The monoisotopic (exact) mass is 322 g/mol. The number of piperidine rings is 2. The molecule has 24 heavy (non-hydrogen) atoms. The average molecular weight is 322 g/mol. The number of carbonyl (C=O) groups excluding carboxylic acids is 1. The molecular formula is C19H18N2O3. The van der Waals surface area contributed by atoms with Gasteiger partial charge < -0.3 is 4.90 Å². The Bertz CT molecular complexity index is 773. The van der Waals surface area contributed by atoms with Crippen LogP contribution in [0.2, 0.25) is 0 Å². The van der Waals surface area contributed by atoms with E-state index < -0.39 is 0 Å². The van der Waals surface area contributed by atoms with Crippen LogP contribution in [0.4, 0.5) is 11.4 Å². The van der Waals surface area contributed by atoms with Crippen LogP contribution in [-0.2, 0) is 4.79 Å². The third kappa shape index (κ3) is 2.37. The molecule has 3 aliphatic rings. The van der Waals surface area contributed by atoms with Gasteiger partial charge in [0, 0.05) is 36.2 Å². The average Bonchev–Trinajstić information content (AvgIpc) is 2.62. The predicted octanol–water partition coefficient (Wildman–Crippen LogP) is 3.89. The van der Waals surface area contributed by atoms with Gasteiger partial charge in [-0.1, -0.05) is 30.3 Å². The number of benzene rings is 2. The minimum absolute atomic E-state index is 0.00703. The molecule has 0 amide bonds. The van der Waals surface area contributed by atoms with Crippen LogP contribution in [0.25, 0.3) is 0 Å². The molecule has 5 nitrogen and oxygen atoms in total. The van der Waals surface area contributed by atoms with Gasteiger partial charge in [0.05, 0.1) is 11.0 Å². The number of hydrogen-bond donors (Lipinski definition) is 0. The highest BCUT2D eigenvalue weighted by atomic mass is 16.6. The molecule has 2 saturated heterocycles. The third-order valence-corrected chi connectivity index (χ3v) is 5.24. The fraction of sp³-hybridized carbons (Fsp3) is 0.316. The van der Waals surface area contributed by atoms with Crippen molar-refractivity contribution in [3.63, 3.8) is 0 Å². The van der Waals surface area contributed by atoms with Crippen molar-refractivity contribution in [1.82, 2.24) is 0 Å². The quantitative estimate of drug-likeness (QED) is 0.635. The summed E-state index contributed by atoms with van der Waals surface area (Å²) in [5.74, 6) is 0.353. The first-order valence-electron chi connectivity index (χ1n) is 8.25. The Morgan fingerprint density at radius 2 is 1.71 bits per heavy atom. The maximum absolute atomic E-state index is 12.4. The summed E-state index contributed by atoms with van der Waals surface area (Å²) in [5.41, 5.74) is 2.18. The van der Waals surface area contributed by atoms with E-state index in [-0.39, 0.29) is 28.6 Å². The highest BCUT2D eigenvalue weighted by Crippen LogP contribution is 2.47. The van der Waals surface area contributed by atoms with Crippen molar-refractivity contribution in [2.75, 3.05) is 4.90 Å². The minimum Gasteiger partial charge on any atom is -0.360 e. The van der Waals surface area contributed by atoms with Crippen molar-refractivity contribution in [3.8, 4) is 0 Å². The van der Waals surface area contributed by atoms with E-state index in [0.717, 1.165) is 24.1 Å². The fourth-order valence-electron chi connectivity index (χ4n) is 4.17. The summed E-state index contributed by atoms with van der Waals surface area (Å²) in [6.07, 6.45) is 2.49. The van der Waals surface area contributed by atoms with Crippen molar-refractivity contribution in [2.24, 2.45) is 5.92 Å². The summed E-state index contributed by atoms with van der Waals surface area (Å²) in [7, 11) is 0. The number of fused-ring (bicyclic) bond motifs is 3. The van der Waals surface area contributed by atoms with E-state index in [0.29, 0.717) is 12.2 Å². The number of rotatable bonds is 3. The van der Waals surface area contributed by atoms with Crippen LogP contribution < -0.4 is 4.90 Å². The van der Waals surface area contributed by atoms with Crippen LogP contribution in [0.3, 0.4) is 0 Å². The highest BCUT2D eigenvalue weighted by Gasteiger charge is 2.47. The van der Waals surface area contributed by atoms with E-state index in [1.54, 1.807) is 24.3 Å². The van der Waals surface area contributed by atoms with Crippen molar-refractivity contribution in [3.05, 3.63) is 70.3 Å². The summed E-state index contributed by atoms with van der Waals surface area (Å²) in [6.45, 7) is 0. The molecule has 2 aliphatic heterocycles. The van der Waals surface area contributed by atoms with E-state index in [9.17, 15) is 14.9 Å². The first-order chi connectivity index (χ1) is 11.6. The molecule has 122 valence electrons. The van der Waals surface area contributed by atoms with Crippen LogP contribution in [0.1, 0.15) is 30.9 Å². The zero-order valence-corrected chi connectivity index (χ0v) is 13.2. The van der Waals surface area contributed by atoms with Crippen LogP contribution in [-0.4, -0.2) is 16.7 Å². The molecule has 2 bridgehead atoms. The number of nitro groups is 1. The zero-order valence-electron chi connectivity index (χ0n) is 13.2. The van der Waals surface area contributed by atoms with E-state index >= 15 is 0 Å². The highest BCUT2D eigenvalue weighted by molar-refractivity contribution is 5.86. The van der Waals surface area contributed by atoms with Crippen LogP contribution in [0.5, 0.6) is 0 Å². The Labute approximate surface area is 140 Å². The molecule has 0 spiro atoms. The maximum atomic E-state index is 12.4. The molecule has 1 aliphatic carbocycles. The van der Waals surface area contributed by atoms with Crippen molar-refractivity contribution in [1.29, 1.82) is 0 Å². The van der Waals surface area contributed by atoms with Gasteiger partial charge in [-0.2, -0.15) is 0 Å². The molecule has 5 rings (SSSR count). The van der Waals surface area contributed by atoms with E-state index in [4.69, 9.17) is 0 Å². The van der Waals surface area contributed by atoms with Gasteiger partial charge in [0.15, 0.2) is 0 Å². The smallest absolute Gasteiger partial charge is 0.269 e. The van der Waals surface area contributed by atoms with E-state index in [1.165, 1.54) is 0 Å². The van der Waals surface area contributed by atoms with Crippen LogP contribution in [0.15, 0.2) is 54.6 Å². The Morgan fingerprint density at radius 1 is 1.00 bits per heavy atom. The SMILES string of the molecule is O=C1C[C@@H]2CC[C@H]1[C@H](c1ccccc1)N2c1ccc([N+](=O)[O-])cc1. The number of anilines is 1. The zero-order chi connectivity index (χ0) is 16.7. The lowest BCUT2D eigenvalue weighted by atomic mass is 9.71. The number of carbonyl (C=O) groups is 1. The first kappa shape index (κ1) is 14.9. The van der Waals surface area contributed by atoms with Gasteiger partial charge >= 0.3 is 0 Å². The lowest BCUT2D eigenvalue weighted by Gasteiger charge is -2.52. The van der Waals surface area contributed by atoms with Crippen LogP contribution in [0, 0.1) is 16.0 Å². The topological polar surface area (TPSA) is 63.5 Å². The second-order valence-electron chi connectivity index (χ2n) is 6.54. The summed E-state index contributed by atoms with van der Waals surface area (Å²) in [5, 5.41) is 10.9. The summed E-state index contributed by atoms with van der Waals surface area (Å²) in [4.78, 5) is 25.3. The summed E-state index contributed by atoms with van der Waals surface area (Å²) < 4.78 is 0. The molecule has 2 aromatic carbocycles. The van der Waals surface area contributed by atoms with Gasteiger partial charge in [0.1, 0.15) is 5.78 Å². The molecule has 0 N–H and O–H groups in total. The van der Waals surface area contributed by atoms with Crippen LogP contribution >= 0.6 is 0 Å². The summed E-state index contributed by atoms with van der Waals surface area (Å²) in [6, 6.07) is 17.0. The summed E-state index contributed by atoms with van der Waals surface area (Å²) >= 11 is 0. The molecule has 3 fully saturated rings. The molecule has 0 unspecified atom stereocenters. The van der Waals surface area contributed by atoms with Gasteiger partial charge in [-0.15, -0.1) is 0 Å². The second-order valence-corrected chi connectivity index (χ2v) is 6.54. The Balaban J connectivity index is 1.76. The molecule has 2 heterocycles. The predicted molar refractivity (Wildman–Crippen MR) is 90.9 cm³/mol. The molecule has 0 radical (unpaired) electrons. The Kier molecular flexibility index (Phi) is 3.56. The van der Waals surface area contributed by atoms with Gasteiger partial charge in [0.25, 0.3) is 5.69 Å². The molecule has 1 saturated carbocycles. The molecule has 2 aromatic rings. The molecular weight excluding hydrogens is 304 g/mol. The van der Waals surface area contributed by atoms with E-state index in [1.807, 2.05) is 18.2 Å². The lowest BCUT2D eigenvalue weighted by molar-refractivity contribution is -0.384. The Morgan fingerprint density at radius 3 is 2.33 bits per heavy atom. The van der Waals surface area contributed by atoms with Gasteiger partial charge in [0.2, 0.25) is 0 Å². The minimum atomic E-state index is -0.385. The lowest BCUT2D eigenvalue weighted by Crippen LogP contribution is -2.54. The number of ketones is 1. The fourth-order valence-corrected chi connectivity index (χ4v) is 4.17. The number of nitro benzene ring substituents is 1. The second kappa shape index (κ2) is 5.74. The standard InChI is InChI=1S/C19H18N2O3/c22-18-12-16-10-11-17(18)19(13-4-2-1-3-5-13)20(16)14-6-8-15(9-7-14)21(23)24/h1-9,16-17,19H,10-12H2/t16-,17+,19-/m0/s1. The van der Waals surface area contributed by atoms with Crippen molar-refractivity contribution < 1.29 is 9.72 Å². The Hall–Kier alpha value is -2.69. The number of Topliss-reactive ketones (excluding diaryl/α,β-unsaturated/α-hetero) is 1. The maximum Gasteiger partial charge on any atom is 0.269 e. The normalized spacial score (nSPS) is 25.8. The van der Waals surface area contributed by atoms with Crippen molar-refractivity contribution in [2.45, 2.75) is 31.3 Å². The van der Waals surface area contributed by atoms with Gasteiger partial charge in [-0.3, -0.25) is 14.9 Å². The number of non-ortho nitro benzene ring substituents is 1. The van der Waals surface area contributed by atoms with E-state index in [2.05, 4.69) is 17.0 Å². The number of hydrogen-bond acceptors (Lipinski definition) is 4. The largest absolute Gasteiger partial charge is 0.360 e. The third-order valence-electron chi connectivity index (χ3n) is 5.24. The first-order valence-corrected chi connectivity index (χ1v) is 8.25. The molecule has 5 heteroatoms. The number of nitrogens with zero attached hydrogens (tertiary/aromatic N) is 2. The van der Waals surface area contributed by atoms with Gasteiger partial charge in [-0.25, -0.2) is 0 Å². The van der Waals surface area contributed by atoms with Crippen molar-refractivity contribution >= 4 is 17.2 Å². The molecule has 3 atom stereocenters. The van der Waals surface area contributed by atoms with Gasteiger partial charge in [-0.05, 0) is 30.5 Å². The molecule has 0 aromatic heterocycles.